The molecule has 0 aromatic carbocycles. The van der Waals surface area contributed by atoms with Crippen LogP contribution in [0.25, 0.3) is 0 Å². The molecule has 0 saturated heterocycles. The lowest BCUT2D eigenvalue weighted by Gasteiger charge is -2.20. The van der Waals surface area contributed by atoms with Gasteiger partial charge in [0.25, 0.3) is 0 Å². The Morgan fingerprint density at radius 1 is 1.00 bits per heavy atom. The molecule has 1 aromatic rings. The molecule has 0 saturated carbocycles. The summed E-state index contributed by atoms with van der Waals surface area (Å²) in [6.07, 6.45) is -4.94. The lowest BCUT2D eigenvalue weighted by Crippen LogP contribution is -2.23. The van der Waals surface area contributed by atoms with Crippen LogP contribution >= 0.6 is 0 Å². The monoisotopic (exact) mass is 335 g/mol. The SMILES string of the molecule is COC(=O)c1c(C(C)C)nc(C(F)(F)F)c(C(=O)OC)c1OC. The number of esters is 2. The molecule has 9 heteroatoms. The fourth-order valence-electron chi connectivity index (χ4n) is 2.00. The number of pyridine rings is 1. The van der Waals surface area contributed by atoms with Gasteiger partial charge in [-0.15, -0.1) is 0 Å². The number of alkyl halides is 3. The smallest absolute Gasteiger partial charge is 0.434 e. The Balaban J connectivity index is 3.99. The third-order valence-electron chi connectivity index (χ3n) is 2.98. The van der Waals surface area contributed by atoms with Gasteiger partial charge in [-0.05, 0) is 5.92 Å². The molecule has 0 aliphatic carbocycles. The molecule has 0 aliphatic heterocycles. The average Bonchev–Trinajstić information content (AvgIpc) is 2.49. The molecule has 1 rings (SSSR count). The van der Waals surface area contributed by atoms with Gasteiger partial charge < -0.3 is 14.2 Å². The number of carbonyl (C=O) groups excluding carboxylic acids is 2. The number of ether oxygens (including phenoxy) is 3. The van der Waals surface area contributed by atoms with Crippen LogP contribution in [0.2, 0.25) is 0 Å². The minimum Gasteiger partial charge on any atom is -0.495 e. The van der Waals surface area contributed by atoms with Crippen molar-refractivity contribution in [1.29, 1.82) is 0 Å². The summed E-state index contributed by atoms with van der Waals surface area (Å²) < 4.78 is 53.7. The van der Waals surface area contributed by atoms with Crippen LogP contribution in [-0.4, -0.2) is 38.3 Å². The number of methoxy groups -OCH3 is 3. The van der Waals surface area contributed by atoms with Crippen molar-refractivity contribution in [3.8, 4) is 5.75 Å². The number of hydrogen-bond acceptors (Lipinski definition) is 6. The van der Waals surface area contributed by atoms with Gasteiger partial charge in [-0.3, -0.25) is 0 Å². The average molecular weight is 335 g/mol. The number of halogens is 3. The molecule has 128 valence electrons. The third kappa shape index (κ3) is 3.54. The van der Waals surface area contributed by atoms with Crippen LogP contribution in [0.1, 0.15) is 51.9 Å². The molecular weight excluding hydrogens is 319 g/mol. The van der Waals surface area contributed by atoms with E-state index in [1.807, 2.05) is 0 Å². The van der Waals surface area contributed by atoms with Crippen LogP contribution in [-0.2, 0) is 15.7 Å². The van der Waals surface area contributed by atoms with Crippen molar-refractivity contribution in [1.82, 2.24) is 4.98 Å². The van der Waals surface area contributed by atoms with Gasteiger partial charge in [-0.1, -0.05) is 13.8 Å². The Bertz CT molecular complexity index is 626. The summed E-state index contributed by atoms with van der Waals surface area (Å²) in [6, 6.07) is 0. The number of aromatic nitrogens is 1. The van der Waals surface area contributed by atoms with Crippen molar-refractivity contribution in [2.45, 2.75) is 25.9 Å². The van der Waals surface area contributed by atoms with Crippen LogP contribution in [0.3, 0.4) is 0 Å². The molecule has 1 heterocycles. The quantitative estimate of drug-likeness (QED) is 0.788. The first-order valence-corrected chi connectivity index (χ1v) is 6.45. The Morgan fingerprint density at radius 2 is 1.48 bits per heavy atom. The number of carbonyl (C=O) groups is 2. The fraction of sp³-hybridized carbons (Fsp3) is 0.500. The van der Waals surface area contributed by atoms with Gasteiger partial charge in [-0.25, -0.2) is 14.6 Å². The van der Waals surface area contributed by atoms with Crippen LogP contribution in [0, 0.1) is 0 Å². The lowest BCUT2D eigenvalue weighted by molar-refractivity contribution is -0.142. The minimum absolute atomic E-state index is 0.186. The number of nitrogens with zero attached hydrogens (tertiary/aromatic N) is 1. The van der Waals surface area contributed by atoms with E-state index in [0.717, 1.165) is 21.3 Å². The fourth-order valence-corrected chi connectivity index (χ4v) is 2.00. The molecule has 0 unspecified atom stereocenters. The zero-order valence-electron chi connectivity index (χ0n) is 13.2. The molecule has 6 nitrogen and oxygen atoms in total. The third-order valence-corrected chi connectivity index (χ3v) is 2.98. The molecule has 0 atom stereocenters. The van der Waals surface area contributed by atoms with Gasteiger partial charge in [-0.2, -0.15) is 13.2 Å². The molecule has 0 bridgehead atoms. The van der Waals surface area contributed by atoms with Crippen molar-refractivity contribution >= 4 is 11.9 Å². The second-order valence-electron chi connectivity index (χ2n) is 4.76. The van der Waals surface area contributed by atoms with Crippen molar-refractivity contribution in [3.63, 3.8) is 0 Å². The molecule has 0 amide bonds. The molecule has 0 fully saturated rings. The standard InChI is InChI=1S/C14H16F3NO5/c1-6(2)9-7(12(19)22-4)10(21-3)8(13(20)23-5)11(18-9)14(15,16)17/h6H,1-5H3. The van der Waals surface area contributed by atoms with Crippen molar-refractivity contribution < 1.29 is 37.0 Å². The van der Waals surface area contributed by atoms with Crippen molar-refractivity contribution in [2.75, 3.05) is 21.3 Å². The van der Waals surface area contributed by atoms with E-state index in [-0.39, 0.29) is 11.3 Å². The van der Waals surface area contributed by atoms with Gasteiger partial charge >= 0.3 is 18.1 Å². The lowest BCUT2D eigenvalue weighted by atomic mass is 9.98. The molecule has 23 heavy (non-hydrogen) atoms. The summed E-state index contributed by atoms with van der Waals surface area (Å²) in [5, 5.41) is 0. The molecule has 1 aromatic heterocycles. The largest absolute Gasteiger partial charge is 0.495 e. The normalized spacial score (nSPS) is 11.3. The van der Waals surface area contributed by atoms with E-state index in [9.17, 15) is 22.8 Å². The Hall–Kier alpha value is -2.32. The Morgan fingerprint density at radius 3 is 1.83 bits per heavy atom. The predicted molar refractivity (Wildman–Crippen MR) is 72.6 cm³/mol. The molecule has 0 radical (unpaired) electrons. The summed E-state index contributed by atoms with van der Waals surface area (Å²) in [7, 11) is 3.01. The van der Waals surface area contributed by atoms with Crippen LogP contribution in [0.5, 0.6) is 5.75 Å². The Kier molecular flexibility index (Phi) is 5.57. The van der Waals surface area contributed by atoms with E-state index < -0.39 is 41.0 Å². The van der Waals surface area contributed by atoms with Gasteiger partial charge in [0, 0.05) is 0 Å². The maximum atomic E-state index is 13.3. The summed E-state index contributed by atoms with van der Waals surface area (Å²) in [6.45, 7) is 3.10. The number of hydrogen-bond donors (Lipinski definition) is 0. The highest BCUT2D eigenvalue weighted by Gasteiger charge is 2.43. The van der Waals surface area contributed by atoms with E-state index in [4.69, 9.17) is 4.74 Å². The summed E-state index contributed by atoms with van der Waals surface area (Å²) in [5.74, 6) is -3.40. The molecular formula is C14H16F3NO5. The van der Waals surface area contributed by atoms with E-state index in [1.165, 1.54) is 0 Å². The summed E-state index contributed by atoms with van der Waals surface area (Å²) in [4.78, 5) is 27.3. The van der Waals surface area contributed by atoms with Crippen molar-refractivity contribution in [3.05, 3.63) is 22.5 Å². The van der Waals surface area contributed by atoms with Gasteiger partial charge in [0.1, 0.15) is 11.1 Å². The first kappa shape index (κ1) is 18.7. The second-order valence-corrected chi connectivity index (χ2v) is 4.76. The molecule has 0 spiro atoms. The van der Waals surface area contributed by atoms with Gasteiger partial charge in [0.05, 0.1) is 27.0 Å². The van der Waals surface area contributed by atoms with Crippen molar-refractivity contribution in [2.24, 2.45) is 0 Å². The van der Waals surface area contributed by atoms with Gasteiger partial charge in [0.2, 0.25) is 0 Å². The van der Waals surface area contributed by atoms with E-state index >= 15 is 0 Å². The first-order valence-electron chi connectivity index (χ1n) is 6.45. The predicted octanol–water partition coefficient (Wildman–Crippen LogP) is 2.81. The highest BCUT2D eigenvalue weighted by molar-refractivity contribution is 6.01. The van der Waals surface area contributed by atoms with E-state index in [2.05, 4.69) is 14.5 Å². The maximum absolute atomic E-state index is 13.3. The van der Waals surface area contributed by atoms with Gasteiger partial charge in [0.15, 0.2) is 11.4 Å². The maximum Gasteiger partial charge on any atom is 0.434 e. The zero-order chi connectivity index (χ0) is 17.9. The Labute approximate surface area is 130 Å². The summed E-state index contributed by atoms with van der Waals surface area (Å²) >= 11 is 0. The second kappa shape index (κ2) is 6.84. The number of rotatable bonds is 4. The zero-order valence-corrected chi connectivity index (χ0v) is 13.2. The topological polar surface area (TPSA) is 74.7 Å². The highest BCUT2D eigenvalue weighted by atomic mass is 19.4. The summed E-state index contributed by atoms with van der Waals surface area (Å²) in [5.41, 5.74) is -2.96. The van der Waals surface area contributed by atoms with E-state index in [1.54, 1.807) is 13.8 Å². The molecule has 0 N–H and O–H groups in total. The minimum atomic E-state index is -4.94. The first-order chi connectivity index (χ1) is 10.6. The molecule has 0 aliphatic rings. The van der Waals surface area contributed by atoms with Crippen LogP contribution in [0.15, 0.2) is 0 Å². The van der Waals surface area contributed by atoms with Crippen LogP contribution < -0.4 is 4.74 Å². The highest BCUT2D eigenvalue weighted by Crippen LogP contribution is 2.39. The van der Waals surface area contributed by atoms with E-state index in [0.29, 0.717) is 0 Å². The van der Waals surface area contributed by atoms with Crippen LogP contribution in [0.4, 0.5) is 13.2 Å².